The lowest BCUT2D eigenvalue weighted by molar-refractivity contribution is -0.123. The second-order valence-corrected chi connectivity index (χ2v) is 5.01. The molecule has 1 N–H and O–H groups in total. The third-order valence-electron chi connectivity index (χ3n) is 2.57. The van der Waals surface area contributed by atoms with Crippen LogP contribution in [-0.2, 0) is 4.79 Å². The van der Waals surface area contributed by atoms with E-state index in [1.165, 1.54) is 18.2 Å². The quantitative estimate of drug-likeness (QED) is 0.667. The van der Waals surface area contributed by atoms with Crippen LogP contribution in [0.25, 0.3) is 0 Å². The van der Waals surface area contributed by atoms with Gasteiger partial charge in [-0.3, -0.25) is 4.79 Å². The molecule has 0 saturated heterocycles. The summed E-state index contributed by atoms with van der Waals surface area (Å²) in [5.41, 5.74) is 2.32. The fourth-order valence-electron chi connectivity index (χ4n) is 1.51. The highest BCUT2D eigenvalue weighted by Crippen LogP contribution is 2.16. The maximum atomic E-state index is 13.5. The third-order valence-corrected chi connectivity index (χ3v) is 3.15. The number of carbonyl (C=O) groups is 1. The molecule has 0 aliphatic rings. The number of rotatable bonds is 5. The molecule has 2 aromatic rings. The largest absolute Gasteiger partial charge is 0.484 e. The fraction of sp³-hybridized carbons (Fsp3) is 0.0667. The molecule has 22 heavy (non-hydrogen) atoms. The van der Waals surface area contributed by atoms with E-state index in [0.717, 1.165) is 6.21 Å². The van der Waals surface area contributed by atoms with Gasteiger partial charge in [0.25, 0.3) is 5.91 Å². The Morgan fingerprint density at radius 2 is 1.95 bits per heavy atom. The Bertz CT molecular complexity index is 670. The van der Waals surface area contributed by atoms with E-state index >= 15 is 0 Å². The van der Waals surface area contributed by atoms with E-state index in [-0.39, 0.29) is 17.2 Å². The molecule has 0 saturated carbocycles. The third kappa shape index (κ3) is 4.72. The van der Waals surface area contributed by atoms with Crippen molar-refractivity contribution in [1.29, 1.82) is 0 Å². The first-order valence-corrected chi connectivity index (χ1v) is 6.96. The highest BCUT2D eigenvalue weighted by atomic mass is 35.5. The molecule has 114 valence electrons. The number of nitrogens with zero attached hydrogens (tertiary/aromatic N) is 1. The smallest absolute Gasteiger partial charge is 0.277 e. The van der Waals surface area contributed by atoms with Crippen molar-refractivity contribution in [3.05, 3.63) is 63.9 Å². The zero-order valence-electron chi connectivity index (χ0n) is 11.2. The minimum atomic E-state index is -0.525. The first-order chi connectivity index (χ1) is 10.6. The zero-order valence-corrected chi connectivity index (χ0v) is 12.7. The molecule has 0 aliphatic carbocycles. The monoisotopic (exact) mass is 340 g/mol. The second kappa shape index (κ2) is 7.77. The topological polar surface area (TPSA) is 50.7 Å². The van der Waals surface area contributed by atoms with E-state index in [9.17, 15) is 9.18 Å². The summed E-state index contributed by atoms with van der Waals surface area (Å²) in [6.07, 6.45) is 1.14. The molecule has 2 rings (SSSR count). The lowest BCUT2D eigenvalue weighted by Crippen LogP contribution is -2.24. The SMILES string of the molecule is O=C(COc1ccc(Cl)cc1)NN=Cc1c(F)cccc1Cl. The Labute approximate surface area is 136 Å². The van der Waals surface area contributed by atoms with Crippen LogP contribution in [0, 0.1) is 5.82 Å². The van der Waals surface area contributed by atoms with Gasteiger partial charge in [0.05, 0.1) is 11.2 Å². The van der Waals surface area contributed by atoms with Crippen molar-refractivity contribution in [3.63, 3.8) is 0 Å². The Hall–Kier alpha value is -2.11. The summed E-state index contributed by atoms with van der Waals surface area (Å²) >= 11 is 11.6. The van der Waals surface area contributed by atoms with E-state index in [4.69, 9.17) is 27.9 Å². The number of hydrogen-bond acceptors (Lipinski definition) is 3. The van der Waals surface area contributed by atoms with Crippen molar-refractivity contribution in [3.8, 4) is 5.75 Å². The van der Waals surface area contributed by atoms with Gasteiger partial charge in [0.1, 0.15) is 11.6 Å². The standard InChI is InChI=1S/C15H11Cl2FN2O2/c16-10-4-6-11(7-5-10)22-9-15(21)20-19-8-12-13(17)2-1-3-14(12)18/h1-8H,9H2,(H,20,21). The van der Waals surface area contributed by atoms with Crippen LogP contribution in [0.2, 0.25) is 10.0 Å². The van der Waals surface area contributed by atoms with Crippen LogP contribution >= 0.6 is 23.2 Å². The van der Waals surface area contributed by atoms with E-state index in [2.05, 4.69) is 10.5 Å². The summed E-state index contributed by atoms with van der Waals surface area (Å²) in [4.78, 5) is 11.5. The number of halogens is 3. The second-order valence-electron chi connectivity index (χ2n) is 4.17. The predicted molar refractivity (Wildman–Crippen MR) is 84.1 cm³/mol. The normalized spacial score (nSPS) is 10.7. The highest BCUT2D eigenvalue weighted by molar-refractivity contribution is 6.33. The van der Waals surface area contributed by atoms with Crippen LogP contribution in [-0.4, -0.2) is 18.7 Å². The number of hydrazone groups is 1. The van der Waals surface area contributed by atoms with Gasteiger partial charge in [-0.15, -0.1) is 0 Å². The Morgan fingerprint density at radius 1 is 1.23 bits per heavy atom. The van der Waals surface area contributed by atoms with Gasteiger partial charge < -0.3 is 4.74 Å². The maximum absolute atomic E-state index is 13.5. The summed E-state index contributed by atoms with van der Waals surface area (Å²) in [5.74, 6) is -0.512. The fourth-order valence-corrected chi connectivity index (χ4v) is 1.85. The number of amides is 1. The highest BCUT2D eigenvalue weighted by Gasteiger charge is 2.05. The average Bonchev–Trinajstić information content (AvgIpc) is 2.50. The molecular weight excluding hydrogens is 330 g/mol. The van der Waals surface area contributed by atoms with Crippen molar-refractivity contribution in [2.24, 2.45) is 5.10 Å². The van der Waals surface area contributed by atoms with Crippen LogP contribution in [0.1, 0.15) is 5.56 Å². The van der Waals surface area contributed by atoms with Crippen LogP contribution in [0.4, 0.5) is 4.39 Å². The molecule has 0 aliphatic heterocycles. The first kappa shape index (κ1) is 16.3. The number of ether oxygens (including phenoxy) is 1. The molecule has 0 atom stereocenters. The van der Waals surface area contributed by atoms with Crippen molar-refractivity contribution in [1.82, 2.24) is 5.43 Å². The van der Waals surface area contributed by atoms with Gasteiger partial charge >= 0.3 is 0 Å². The molecule has 7 heteroatoms. The number of carbonyl (C=O) groups excluding carboxylic acids is 1. The molecule has 0 bridgehead atoms. The van der Waals surface area contributed by atoms with Crippen molar-refractivity contribution in [2.45, 2.75) is 0 Å². The van der Waals surface area contributed by atoms with E-state index in [0.29, 0.717) is 10.8 Å². The molecule has 1 amide bonds. The Morgan fingerprint density at radius 3 is 2.64 bits per heavy atom. The van der Waals surface area contributed by atoms with Crippen molar-refractivity contribution < 1.29 is 13.9 Å². The lowest BCUT2D eigenvalue weighted by Gasteiger charge is -2.05. The van der Waals surface area contributed by atoms with Gasteiger partial charge in [-0.25, -0.2) is 9.82 Å². The molecule has 0 spiro atoms. The molecule has 0 radical (unpaired) electrons. The average molecular weight is 341 g/mol. The Balaban J connectivity index is 1.85. The Kier molecular flexibility index (Phi) is 5.75. The first-order valence-electron chi connectivity index (χ1n) is 6.20. The maximum Gasteiger partial charge on any atom is 0.277 e. The molecular formula is C15H11Cl2FN2O2. The van der Waals surface area contributed by atoms with E-state index in [1.807, 2.05) is 0 Å². The number of nitrogens with one attached hydrogen (secondary N) is 1. The van der Waals surface area contributed by atoms with E-state index < -0.39 is 11.7 Å². The summed E-state index contributed by atoms with van der Waals surface area (Å²) in [6, 6.07) is 10.8. The number of benzene rings is 2. The summed E-state index contributed by atoms with van der Waals surface area (Å²) in [5, 5.41) is 4.42. The van der Waals surface area contributed by atoms with Gasteiger partial charge in [0.2, 0.25) is 0 Å². The van der Waals surface area contributed by atoms with Gasteiger partial charge in [-0.2, -0.15) is 5.10 Å². The molecule has 2 aromatic carbocycles. The summed E-state index contributed by atoms with van der Waals surface area (Å²) in [7, 11) is 0. The van der Waals surface area contributed by atoms with Crippen molar-refractivity contribution >= 4 is 35.3 Å². The lowest BCUT2D eigenvalue weighted by atomic mass is 10.2. The van der Waals surface area contributed by atoms with Crippen LogP contribution < -0.4 is 10.2 Å². The van der Waals surface area contributed by atoms with Gasteiger partial charge in [-0.1, -0.05) is 29.3 Å². The minimum Gasteiger partial charge on any atom is -0.484 e. The summed E-state index contributed by atoms with van der Waals surface area (Å²) in [6.45, 7) is -0.232. The molecule has 0 heterocycles. The van der Waals surface area contributed by atoms with Crippen molar-refractivity contribution in [2.75, 3.05) is 6.61 Å². The van der Waals surface area contributed by atoms with Crippen LogP contribution in [0.15, 0.2) is 47.6 Å². The zero-order chi connectivity index (χ0) is 15.9. The van der Waals surface area contributed by atoms with Crippen LogP contribution in [0.3, 0.4) is 0 Å². The summed E-state index contributed by atoms with van der Waals surface area (Å²) < 4.78 is 18.7. The predicted octanol–water partition coefficient (Wildman–Crippen LogP) is 3.66. The van der Waals surface area contributed by atoms with Crippen LogP contribution in [0.5, 0.6) is 5.75 Å². The number of hydrogen-bond donors (Lipinski definition) is 1. The van der Waals surface area contributed by atoms with Gasteiger partial charge in [0.15, 0.2) is 6.61 Å². The minimum absolute atomic E-state index is 0.100. The van der Waals surface area contributed by atoms with E-state index in [1.54, 1.807) is 24.3 Å². The molecule has 0 fully saturated rings. The van der Waals surface area contributed by atoms with Gasteiger partial charge in [0, 0.05) is 10.6 Å². The molecule has 0 aromatic heterocycles. The van der Waals surface area contributed by atoms with Gasteiger partial charge in [-0.05, 0) is 36.4 Å². The molecule has 4 nitrogen and oxygen atoms in total. The molecule has 0 unspecified atom stereocenters.